The fourth-order valence-electron chi connectivity index (χ4n) is 1.73. The van der Waals surface area contributed by atoms with Crippen molar-refractivity contribution < 1.29 is 13.2 Å². The van der Waals surface area contributed by atoms with E-state index in [0.29, 0.717) is 0 Å². The molecule has 0 radical (unpaired) electrons. The van der Waals surface area contributed by atoms with E-state index in [9.17, 15) is 8.42 Å². The topological polar surface area (TPSA) is 87.2 Å². The molecule has 20 heavy (non-hydrogen) atoms. The summed E-state index contributed by atoms with van der Waals surface area (Å²) >= 11 is 5.78. The van der Waals surface area contributed by atoms with Crippen LogP contribution in [0.3, 0.4) is 0 Å². The van der Waals surface area contributed by atoms with Crippen molar-refractivity contribution in [3.8, 4) is 5.75 Å². The zero-order valence-corrected chi connectivity index (χ0v) is 12.4. The number of halogens is 1. The SMILES string of the molecule is CCn1cncc1COc1ccc(Cl)cc1S(N)(=O)=O. The lowest BCUT2D eigenvalue weighted by Gasteiger charge is -2.11. The van der Waals surface area contributed by atoms with Crippen LogP contribution in [-0.2, 0) is 23.2 Å². The highest BCUT2D eigenvalue weighted by Crippen LogP contribution is 2.27. The minimum absolute atomic E-state index is 0.132. The number of aryl methyl sites for hydroxylation is 1. The minimum Gasteiger partial charge on any atom is -0.486 e. The van der Waals surface area contributed by atoms with Gasteiger partial charge in [-0.2, -0.15) is 0 Å². The van der Waals surface area contributed by atoms with Gasteiger partial charge in [0.2, 0.25) is 10.0 Å². The fourth-order valence-corrected chi connectivity index (χ4v) is 2.66. The molecule has 0 saturated heterocycles. The largest absolute Gasteiger partial charge is 0.486 e. The lowest BCUT2D eigenvalue weighted by atomic mass is 10.3. The van der Waals surface area contributed by atoms with Crippen LogP contribution in [0.25, 0.3) is 0 Å². The third-order valence-corrected chi connectivity index (χ3v) is 3.89. The quantitative estimate of drug-likeness (QED) is 0.911. The van der Waals surface area contributed by atoms with Gasteiger partial charge in [-0.15, -0.1) is 0 Å². The molecule has 6 nitrogen and oxygen atoms in total. The van der Waals surface area contributed by atoms with Crippen LogP contribution in [0.4, 0.5) is 0 Å². The fraction of sp³-hybridized carbons (Fsp3) is 0.250. The van der Waals surface area contributed by atoms with Gasteiger partial charge in [0.15, 0.2) is 0 Å². The van der Waals surface area contributed by atoms with Crippen LogP contribution in [0.5, 0.6) is 5.75 Å². The van der Waals surface area contributed by atoms with Crippen molar-refractivity contribution in [3.05, 3.63) is 41.4 Å². The van der Waals surface area contributed by atoms with Gasteiger partial charge in [-0.25, -0.2) is 18.5 Å². The third kappa shape index (κ3) is 3.30. The van der Waals surface area contributed by atoms with Crippen LogP contribution in [0.2, 0.25) is 5.02 Å². The highest BCUT2D eigenvalue weighted by atomic mass is 35.5. The van der Waals surface area contributed by atoms with E-state index in [4.69, 9.17) is 21.5 Å². The molecule has 0 amide bonds. The summed E-state index contributed by atoms with van der Waals surface area (Å²) in [5.74, 6) is 0.167. The minimum atomic E-state index is -3.89. The van der Waals surface area contributed by atoms with Crippen molar-refractivity contribution in [2.45, 2.75) is 25.0 Å². The molecule has 0 atom stereocenters. The number of primary sulfonamides is 1. The number of benzene rings is 1. The van der Waals surface area contributed by atoms with Gasteiger partial charge in [-0.1, -0.05) is 11.6 Å². The average molecular weight is 316 g/mol. The standard InChI is InChI=1S/C12H14ClN3O3S/c1-2-16-8-15-6-10(16)7-19-11-4-3-9(13)5-12(11)20(14,17)18/h3-6,8H,2,7H2,1H3,(H2,14,17,18). The van der Waals surface area contributed by atoms with E-state index < -0.39 is 10.0 Å². The van der Waals surface area contributed by atoms with E-state index in [-0.39, 0.29) is 22.3 Å². The molecule has 0 aliphatic heterocycles. The van der Waals surface area contributed by atoms with Gasteiger partial charge in [0.1, 0.15) is 17.3 Å². The number of nitrogens with two attached hydrogens (primary N) is 1. The number of hydrogen-bond donors (Lipinski definition) is 1. The molecule has 8 heteroatoms. The number of sulfonamides is 1. The molecule has 0 saturated carbocycles. The van der Waals surface area contributed by atoms with Crippen molar-refractivity contribution in [1.82, 2.24) is 9.55 Å². The van der Waals surface area contributed by atoms with Crippen molar-refractivity contribution >= 4 is 21.6 Å². The Morgan fingerprint density at radius 1 is 1.45 bits per heavy atom. The molecule has 0 aliphatic rings. The summed E-state index contributed by atoms with van der Waals surface area (Å²) in [5, 5.41) is 5.43. The molecule has 1 heterocycles. The highest BCUT2D eigenvalue weighted by Gasteiger charge is 2.16. The second-order valence-corrected chi connectivity index (χ2v) is 6.06. The second kappa shape index (κ2) is 5.82. The first-order valence-electron chi connectivity index (χ1n) is 5.86. The van der Waals surface area contributed by atoms with E-state index in [1.807, 2.05) is 11.5 Å². The van der Waals surface area contributed by atoms with Crippen molar-refractivity contribution in [2.24, 2.45) is 5.14 Å². The molecular weight excluding hydrogens is 302 g/mol. The van der Waals surface area contributed by atoms with Gasteiger partial charge >= 0.3 is 0 Å². The Bertz CT molecular complexity index is 712. The van der Waals surface area contributed by atoms with Crippen LogP contribution in [-0.4, -0.2) is 18.0 Å². The van der Waals surface area contributed by atoms with Gasteiger partial charge in [-0.05, 0) is 25.1 Å². The molecule has 0 unspecified atom stereocenters. The predicted molar refractivity (Wildman–Crippen MR) is 75.1 cm³/mol. The Morgan fingerprint density at radius 2 is 2.20 bits per heavy atom. The molecule has 108 valence electrons. The molecule has 2 N–H and O–H groups in total. The summed E-state index contributed by atoms with van der Waals surface area (Å²) in [5.41, 5.74) is 0.836. The van der Waals surface area contributed by atoms with Gasteiger partial charge < -0.3 is 9.30 Å². The summed E-state index contributed by atoms with van der Waals surface area (Å²) in [6, 6.07) is 4.29. The van der Waals surface area contributed by atoms with Crippen LogP contribution < -0.4 is 9.88 Å². The van der Waals surface area contributed by atoms with Gasteiger partial charge in [-0.3, -0.25) is 0 Å². The molecule has 2 aromatic rings. The molecule has 0 aliphatic carbocycles. The molecule has 1 aromatic heterocycles. The summed E-state index contributed by atoms with van der Waals surface area (Å²) < 4.78 is 30.4. The first-order chi connectivity index (χ1) is 9.41. The van der Waals surface area contributed by atoms with Gasteiger partial charge in [0.05, 0.1) is 18.2 Å². The van der Waals surface area contributed by atoms with Crippen LogP contribution in [0.1, 0.15) is 12.6 Å². The van der Waals surface area contributed by atoms with Crippen LogP contribution in [0, 0.1) is 0 Å². The number of ether oxygens (including phenoxy) is 1. The smallest absolute Gasteiger partial charge is 0.241 e. The Labute approximate surface area is 122 Å². The highest BCUT2D eigenvalue weighted by molar-refractivity contribution is 7.89. The van der Waals surface area contributed by atoms with Crippen molar-refractivity contribution in [1.29, 1.82) is 0 Å². The summed E-state index contributed by atoms with van der Waals surface area (Å²) in [6.07, 6.45) is 3.34. The second-order valence-electron chi connectivity index (χ2n) is 4.10. The number of nitrogens with zero attached hydrogens (tertiary/aromatic N) is 2. The normalized spacial score (nSPS) is 11.6. The van der Waals surface area contributed by atoms with Gasteiger partial charge in [0.25, 0.3) is 0 Å². The van der Waals surface area contributed by atoms with Crippen LogP contribution >= 0.6 is 11.6 Å². The first kappa shape index (κ1) is 14.8. The first-order valence-corrected chi connectivity index (χ1v) is 7.78. The lowest BCUT2D eigenvalue weighted by molar-refractivity contribution is 0.287. The lowest BCUT2D eigenvalue weighted by Crippen LogP contribution is -2.14. The molecule has 0 bridgehead atoms. The monoisotopic (exact) mass is 315 g/mol. The molecule has 2 rings (SSSR count). The van der Waals surface area contributed by atoms with Gasteiger partial charge in [0, 0.05) is 11.6 Å². The maximum absolute atomic E-state index is 11.5. The van der Waals surface area contributed by atoms with E-state index >= 15 is 0 Å². The zero-order valence-electron chi connectivity index (χ0n) is 10.8. The van der Waals surface area contributed by atoms with E-state index in [0.717, 1.165) is 12.2 Å². The molecule has 1 aromatic carbocycles. The Hall–Kier alpha value is -1.57. The Balaban J connectivity index is 2.26. The summed E-state index contributed by atoms with van der Waals surface area (Å²) in [6.45, 7) is 2.92. The number of aromatic nitrogens is 2. The van der Waals surface area contributed by atoms with E-state index in [2.05, 4.69) is 4.98 Å². The average Bonchev–Trinajstić information content (AvgIpc) is 2.83. The van der Waals surface area contributed by atoms with E-state index in [1.54, 1.807) is 18.6 Å². The van der Waals surface area contributed by atoms with E-state index in [1.165, 1.54) is 12.1 Å². The Kier molecular flexibility index (Phi) is 4.32. The predicted octanol–water partition coefficient (Wildman–Crippen LogP) is 1.78. The van der Waals surface area contributed by atoms with Crippen LogP contribution in [0.15, 0.2) is 35.6 Å². The third-order valence-electron chi connectivity index (χ3n) is 2.73. The Morgan fingerprint density at radius 3 is 2.85 bits per heavy atom. The number of hydrogen-bond acceptors (Lipinski definition) is 4. The molecular formula is C12H14ClN3O3S. The summed E-state index contributed by atoms with van der Waals surface area (Å²) in [7, 11) is -3.89. The molecule has 0 spiro atoms. The maximum Gasteiger partial charge on any atom is 0.241 e. The maximum atomic E-state index is 11.5. The van der Waals surface area contributed by atoms with Crippen molar-refractivity contribution in [3.63, 3.8) is 0 Å². The number of rotatable bonds is 5. The van der Waals surface area contributed by atoms with Crippen molar-refractivity contribution in [2.75, 3.05) is 0 Å². The zero-order chi connectivity index (χ0) is 14.8. The summed E-state index contributed by atoms with van der Waals surface area (Å²) in [4.78, 5) is 3.88. The number of imidazole rings is 1. The molecule has 0 fully saturated rings.